The number of hydrogen-bond donors (Lipinski definition) is 1. The highest BCUT2D eigenvalue weighted by molar-refractivity contribution is 6.30. The molecule has 0 aliphatic rings. The van der Waals surface area contributed by atoms with Crippen molar-refractivity contribution in [3.63, 3.8) is 0 Å². The van der Waals surface area contributed by atoms with Crippen LogP contribution in [-0.2, 0) is 4.74 Å². The average Bonchev–Trinajstić information content (AvgIpc) is 2.27. The molecule has 1 heterocycles. The first-order valence-electron chi connectivity index (χ1n) is 4.66. The maximum absolute atomic E-state index is 11.5. The highest BCUT2D eigenvalue weighted by Gasteiger charge is 2.09. The van der Waals surface area contributed by atoms with Gasteiger partial charge in [0.25, 0.3) is 5.91 Å². The second-order valence-electron chi connectivity index (χ2n) is 3.12. The fourth-order valence-electron chi connectivity index (χ4n) is 1.04. The predicted molar refractivity (Wildman–Crippen MR) is 63.1 cm³/mol. The first kappa shape index (κ1) is 13.2. The van der Waals surface area contributed by atoms with E-state index in [4.69, 9.17) is 27.9 Å². The van der Waals surface area contributed by atoms with Gasteiger partial charge in [-0.05, 0) is 12.1 Å². The zero-order valence-electron chi connectivity index (χ0n) is 8.74. The van der Waals surface area contributed by atoms with Crippen molar-refractivity contribution in [3.8, 4) is 0 Å². The van der Waals surface area contributed by atoms with Crippen LogP contribution in [0, 0.1) is 0 Å². The molecule has 0 aliphatic carbocycles. The van der Waals surface area contributed by atoms with Gasteiger partial charge in [0.15, 0.2) is 0 Å². The molecule has 0 saturated heterocycles. The number of aromatic nitrogens is 1. The van der Waals surface area contributed by atoms with Gasteiger partial charge in [-0.1, -0.05) is 11.6 Å². The van der Waals surface area contributed by atoms with Crippen LogP contribution in [-0.4, -0.2) is 36.5 Å². The van der Waals surface area contributed by atoms with E-state index in [1.165, 1.54) is 6.20 Å². The zero-order chi connectivity index (χ0) is 12.0. The van der Waals surface area contributed by atoms with E-state index in [0.717, 1.165) is 0 Å². The summed E-state index contributed by atoms with van der Waals surface area (Å²) in [7, 11) is 1.55. The minimum Gasteiger partial charge on any atom is -0.383 e. The van der Waals surface area contributed by atoms with E-state index in [1.54, 1.807) is 19.2 Å². The van der Waals surface area contributed by atoms with Crippen molar-refractivity contribution in [2.24, 2.45) is 0 Å². The van der Waals surface area contributed by atoms with Gasteiger partial charge < -0.3 is 10.1 Å². The summed E-state index contributed by atoms with van der Waals surface area (Å²) < 4.78 is 4.84. The molecule has 1 unspecified atom stereocenters. The Labute approximate surface area is 104 Å². The summed E-state index contributed by atoms with van der Waals surface area (Å²) in [6.07, 6.45) is 1.42. The Morgan fingerprint density at radius 1 is 1.62 bits per heavy atom. The minimum absolute atomic E-state index is 0.249. The molecule has 0 fully saturated rings. The number of hydrogen-bond acceptors (Lipinski definition) is 3. The lowest BCUT2D eigenvalue weighted by Crippen LogP contribution is -2.32. The molecule has 4 nitrogen and oxygen atoms in total. The fraction of sp³-hybridized carbons (Fsp3) is 0.400. The van der Waals surface area contributed by atoms with E-state index in [1.807, 2.05) is 0 Å². The number of carbonyl (C=O) groups is 1. The molecule has 0 saturated carbocycles. The summed E-state index contributed by atoms with van der Waals surface area (Å²) >= 11 is 11.5. The van der Waals surface area contributed by atoms with Gasteiger partial charge in [-0.2, -0.15) is 0 Å². The second-order valence-corrected chi connectivity index (χ2v) is 4.18. The van der Waals surface area contributed by atoms with Crippen molar-refractivity contribution in [1.29, 1.82) is 0 Å². The van der Waals surface area contributed by atoms with Gasteiger partial charge in [0, 0.05) is 19.9 Å². The molecular formula is C10H12Cl2N2O2. The number of methoxy groups -OCH3 is 1. The van der Waals surface area contributed by atoms with Crippen molar-refractivity contribution in [2.75, 3.05) is 20.3 Å². The Morgan fingerprint density at radius 3 is 2.94 bits per heavy atom. The van der Waals surface area contributed by atoms with Crippen LogP contribution in [0.25, 0.3) is 0 Å². The molecule has 1 amide bonds. The fourth-order valence-corrected chi connectivity index (χ4v) is 1.36. The number of rotatable bonds is 5. The van der Waals surface area contributed by atoms with Crippen LogP contribution in [0.2, 0.25) is 5.02 Å². The number of nitrogens with one attached hydrogen (secondary N) is 1. The van der Waals surface area contributed by atoms with Crippen molar-refractivity contribution in [1.82, 2.24) is 10.3 Å². The molecule has 16 heavy (non-hydrogen) atoms. The minimum atomic E-state index is -0.279. The Balaban J connectivity index is 2.43. The summed E-state index contributed by atoms with van der Waals surface area (Å²) in [6.45, 7) is 0.717. The first-order chi connectivity index (χ1) is 7.63. The van der Waals surface area contributed by atoms with Crippen LogP contribution in [0.4, 0.5) is 0 Å². The standard InChI is InChI=1S/C10H12Cl2N2O2/c1-16-6-8(12)5-14-10(15)9-3-2-7(11)4-13-9/h2-4,8H,5-6H2,1H3,(H,14,15). The molecule has 0 spiro atoms. The van der Waals surface area contributed by atoms with Crippen LogP contribution < -0.4 is 5.32 Å². The van der Waals surface area contributed by atoms with E-state index < -0.39 is 0 Å². The highest BCUT2D eigenvalue weighted by atomic mass is 35.5. The monoisotopic (exact) mass is 262 g/mol. The molecule has 6 heteroatoms. The van der Waals surface area contributed by atoms with Gasteiger partial charge >= 0.3 is 0 Å². The van der Waals surface area contributed by atoms with Crippen LogP contribution in [0.1, 0.15) is 10.5 Å². The van der Waals surface area contributed by atoms with E-state index in [-0.39, 0.29) is 11.3 Å². The Hall–Kier alpha value is -0.840. The maximum atomic E-state index is 11.5. The Bertz CT molecular complexity index is 343. The van der Waals surface area contributed by atoms with E-state index in [9.17, 15) is 4.79 Å². The lowest BCUT2D eigenvalue weighted by molar-refractivity contribution is 0.0944. The van der Waals surface area contributed by atoms with Gasteiger partial charge in [0.05, 0.1) is 17.0 Å². The predicted octanol–water partition coefficient (Wildman–Crippen LogP) is 1.72. The highest BCUT2D eigenvalue weighted by Crippen LogP contribution is 2.06. The molecule has 1 atom stereocenters. The van der Waals surface area contributed by atoms with Crippen LogP contribution in [0.5, 0.6) is 0 Å². The molecule has 1 aromatic rings. The molecule has 0 bridgehead atoms. The SMILES string of the molecule is COCC(Cl)CNC(=O)c1ccc(Cl)cn1. The molecule has 1 N–H and O–H groups in total. The van der Waals surface area contributed by atoms with Crippen molar-refractivity contribution in [3.05, 3.63) is 29.0 Å². The summed E-state index contributed by atoms with van der Waals surface area (Å²) in [5.41, 5.74) is 0.311. The van der Waals surface area contributed by atoms with E-state index in [0.29, 0.717) is 23.9 Å². The van der Waals surface area contributed by atoms with Crippen LogP contribution in [0.15, 0.2) is 18.3 Å². The van der Waals surface area contributed by atoms with Gasteiger partial charge in [-0.25, -0.2) is 4.98 Å². The summed E-state index contributed by atoms with van der Waals surface area (Å²) in [6, 6.07) is 3.16. The molecule has 1 rings (SSSR count). The number of carbonyl (C=O) groups excluding carboxylic acids is 1. The molecule has 88 valence electrons. The number of pyridine rings is 1. The van der Waals surface area contributed by atoms with Crippen LogP contribution in [0.3, 0.4) is 0 Å². The van der Waals surface area contributed by atoms with Crippen LogP contribution >= 0.6 is 23.2 Å². The first-order valence-corrected chi connectivity index (χ1v) is 5.47. The number of amides is 1. The largest absolute Gasteiger partial charge is 0.383 e. The van der Waals surface area contributed by atoms with Gasteiger partial charge in [0.1, 0.15) is 5.69 Å². The number of halogens is 2. The van der Waals surface area contributed by atoms with Gasteiger partial charge in [-0.15, -0.1) is 11.6 Å². The molecule has 1 aromatic heterocycles. The Kier molecular flexibility index (Phi) is 5.52. The third-order valence-electron chi connectivity index (χ3n) is 1.79. The third kappa shape index (κ3) is 4.35. The molecular weight excluding hydrogens is 251 g/mol. The van der Waals surface area contributed by atoms with E-state index in [2.05, 4.69) is 10.3 Å². The Morgan fingerprint density at radius 2 is 2.38 bits per heavy atom. The quantitative estimate of drug-likeness (QED) is 0.823. The maximum Gasteiger partial charge on any atom is 0.269 e. The smallest absolute Gasteiger partial charge is 0.269 e. The topological polar surface area (TPSA) is 51.2 Å². The van der Waals surface area contributed by atoms with E-state index >= 15 is 0 Å². The average molecular weight is 263 g/mol. The van der Waals surface area contributed by atoms with Gasteiger partial charge in [-0.3, -0.25) is 4.79 Å². The zero-order valence-corrected chi connectivity index (χ0v) is 10.3. The lowest BCUT2D eigenvalue weighted by atomic mass is 10.3. The summed E-state index contributed by atoms with van der Waals surface area (Å²) in [4.78, 5) is 15.4. The number of nitrogens with zero attached hydrogens (tertiary/aromatic N) is 1. The number of alkyl halides is 1. The number of ether oxygens (including phenoxy) is 1. The van der Waals surface area contributed by atoms with Crippen molar-refractivity contribution >= 4 is 29.1 Å². The second kappa shape index (κ2) is 6.68. The summed E-state index contributed by atoms with van der Waals surface area (Å²) in [5.74, 6) is -0.279. The third-order valence-corrected chi connectivity index (χ3v) is 2.30. The molecule has 0 aromatic carbocycles. The molecule has 0 aliphatic heterocycles. The van der Waals surface area contributed by atoms with Crippen molar-refractivity contribution < 1.29 is 9.53 Å². The normalized spacial score (nSPS) is 12.2. The molecule has 0 radical (unpaired) electrons. The van der Waals surface area contributed by atoms with Crippen molar-refractivity contribution in [2.45, 2.75) is 5.38 Å². The van der Waals surface area contributed by atoms with Gasteiger partial charge in [0.2, 0.25) is 0 Å². The summed E-state index contributed by atoms with van der Waals surface area (Å²) in [5, 5.41) is 2.89. The lowest BCUT2D eigenvalue weighted by Gasteiger charge is -2.09.